The molecule has 2 aliphatic rings. The van der Waals surface area contributed by atoms with E-state index in [4.69, 9.17) is 16.3 Å². The SMILES string of the molecule is CC1OC(C)C(C(=O)NCC2CCC(Cl)CC2)C1C. The van der Waals surface area contributed by atoms with E-state index >= 15 is 0 Å². The first-order chi connectivity index (χ1) is 8.99. The molecule has 1 heterocycles. The molecule has 2 fully saturated rings. The van der Waals surface area contributed by atoms with Crippen molar-refractivity contribution in [1.82, 2.24) is 5.32 Å². The van der Waals surface area contributed by atoms with Gasteiger partial charge in [0, 0.05) is 11.9 Å². The number of hydrogen-bond acceptors (Lipinski definition) is 2. The van der Waals surface area contributed by atoms with Crippen molar-refractivity contribution >= 4 is 17.5 Å². The Morgan fingerprint density at radius 2 is 1.79 bits per heavy atom. The van der Waals surface area contributed by atoms with Gasteiger partial charge in [-0.25, -0.2) is 0 Å². The van der Waals surface area contributed by atoms with Gasteiger partial charge in [-0.2, -0.15) is 0 Å². The van der Waals surface area contributed by atoms with Crippen LogP contribution in [0.1, 0.15) is 46.5 Å². The zero-order valence-corrected chi connectivity index (χ0v) is 13.0. The van der Waals surface area contributed by atoms with Crippen molar-refractivity contribution in [2.45, 2.75) is 64.0 Å². The fourth-order valence-electron chi connectivity index (χ4n) is 3.41. The molecule has 1 aliphatic carbocycles. The summed E-state index contributed by atoms with van der Waals surface area (Å²) in [7, 11) is 0. The molecule has 0 spiro atoms. The maximum absolute atomic E-state index is 12.3. The van der Waals surface area contributed by atoms with Crippen LogP contribution in [-0.4, -0.2) is 30.0 Å². The Kier molecular flexibility index (Phi) is 5.13. The Morgan fingerprint density at radius 1 is 1.16 bits per heavy atom. The average molecular weight is 288 g/mol. The number of halogens is 1. The summed E-state index contributed by atoms with van der Waals surface area (Å²) in [6, 6.07) is 0. The van der Waals surface area contributed by atoms with E-state index in [-0.39, 0.29) is 24.0 Å². The van der Waals surface area contributed by atoms with Crippen LogP contribution in [0.4, 0.5) is 0 Å². The van der Waals surface area contributed by atoms with Crippen molar-refractivity contribution in [1.29, 1.82) is 0 Å². The van der Waals surface area contributed by atoms with Gasteiger partial charge >= 0.3 is 0 Å². The number of carbonyl (C=O) groups excluding carboxylic acids is 1. The summed E-state index contributed by atoms with van der Waals surface area (Å²) in [5, 5.41) is 3.47. The van der Waals surface area contributed by atoms with Crippen LogP contribution in [0.5, 0.6) is 0 Å². The number of alkyl halides is 1. The van der Waals surface area contributed by atoms with Gasteiger partial charge in [0.25, 0.3) is 0 Å². The molecule has 110 valence electrons. The first-order valence-corrected chi connectivity index (χ1v) is 8.00. The van der Waals surface area contributed by atoms with Gasteiger partial charge in [0.05, 0.1) is 18.1 Å². The van der Waals surface area contributed by atoms with Crippen molar-refractivity contribution in [3.05, 3.63) is 0 Å². The van der Waals surface area contributed by atoms with E-state index in [1.54, 1.807) is 0 Å². The highest BCUT2D eigenvalue weighted by Gasteiger charge is 2.41. The summed E-state index contributed by atoms with van der Waals surface area (Å²) in [5.74, 6) is 1.06. The van der Waals surface area contributed by atoms with Crippen molar-refractivity contribution in [3.63, 3.8) is 0 Å². The predicted octanol–water partition coefficient (Wildman–Crippen LogP) is 2.96. The summed E-state index contributed by atoms with van der Waals surface area (Å²) in [6.45, 7) is 6.96. The monoisotopic (exact) mass is 287 g/mol. The molecule has 4 unspecified atom stereocenters. The molecule has 0 aromatic carbocycles. The molecule has 0 aromatic rings. The zero-order valence-electron chi connectivity index (χ0n) is 12.2. The van der Waals surface area contributed by atoms with Crippen molar-refractivity contribution in [3.8, 4) is 0 Å². The summed E-state index contributed by atoms with van der Waals surface area (Å²) in [6.07, 6.45) is 4.64. The highest BCUT2D eigenvalue weighted by atomic mass is 35.5. The lowest BCUT2D eigenvalue weighted by atomic mass is 9.87. The van der Waals surface area contributed by atoms with E-state index in [1.807, 2.05) is 6.92 Å². The Balaban J connectivity index is 1.78. The van der Waals surface area contributed by atoms with E-state index in [2.05, 4.69) is 19.2 Å². The molecule has 1 aliphatic heterocycles. The Labute approximate surface area is 121 Å². The normalized spacial score (nSPS) is 43.2. The molecule has 3 nitrogen and oxygen atoms in total. The largest absolute Gasteiger partial charge is 0.374 e. The fraction of sp³-hybridized carbons (Fsp3) is 0.933. The second-order valence-electron chi connectivity index (χ2n) is 6.29. The number of carbonyl (C=O) groups is 1. The summed E-state index contributed by atoms with van der Waals surface area (Å²) < 4.78 is 5.73. The highest BCUT2D eigenvalue weighted by Crippen LogP contribution is 2.32. The molecule has 1 N–H and O–H groups in total. The van der Waals surface area contributed by atoms with E-state index in [0.29, 0.717) is 17.2 Å². The van der Waals surface area contributed by atoms with Gasteiger partial charge in [-0.3, -0.25) is 4.79 Å². The number of rotatable bonds is 3. The van der Waals surface area contributed by atoms with E-state index in [9.17, 15) is 4.79 Å². The average Bonchev–Trinajstić information content (AvgIpc) is 2.62. The van der Waals surface area contributed by atoms with Crippen LogP contribution in [0.3, 0.4) is 0 Å². The van der Waals surface area contributed by atoms with Crippen LogP contribution in [0, 0.1) is 17.8 Å². The van der Waals surface area contributed by atoms with Crippen LogP contribution in [0.15, 0.2) is 0 Å². The van der Waals surface area contributed by atoms with Gasteiger partial charge < -0.3 is 10.1 Å². The molecule has 2 rings (SSSR count). The van der Waals surface area contributed by atoms with Crippen LogP contribution >= 0.6 is 11.6 Å². The number of ether oxygens (including phenoxy) is 1. The van der Waals surface area contributed by atoms with E-state index < -0.39 is 0 Å². The number of nitrogens with one attached hydrogen (secondary N) is 1. The second-order valence-corrected chi connectivity index (χ2v) is 6.91. The first kappa shape index (κ1) is 15.1. The Morgan fingerprint density at radius 3 is 2.32 bits per heavy atom. The quantitative estimate of drug-likeness (QED) is 0.811. The molecule has 1 saturated carbocycles. The zero-order chi connectivity index (χ0) is 14.0. The fourth-order valence-corrected chi connectivity index (χ4v) is 3.66. The standard InChI is InChI=1S/C15H26ClNO2/c1-9-10(2)19-11(3)14(9)15(18)17-8-12-4-6-13(16)7-5-12/h9-14H,4-8H2,1-3H3,(H,17,18). The summed E-state index contributed by atoms with van der Waals surface area (Å²) in [5.41, 5.74) is 0. The van der Waals surface area contributed by atoms with Gasteiger partial charge in [-0.05, 0) is 51.4 Å². The maximum Gasteiger partial charge on any atom is 0.226 e. The van der Waals surface area contributed by atoms with Crippen LogP contribution in [-0.2, 0) is 9.53 Å². The third-order valence-corrected chi connectivity index (χ3v) is 5.32. The van der Waals surface area contributed by atoms with Gasteiger partial charge in [0.2, 0.25) is 5.91 Å². The van der Waals surface area contributed by atoms with Crippen LogP contribution < -0.4 is 5.32 Å². The van der Waals surface area contributed by atoms with Gasteiger partial charge in [0.1, 0.15) is 0 Å². The number of amides is 1. The molecule has 0 aromatic heterocycles. The minimum atomic E-state index is -0.000587. The molecular weight excluding hydrogens is 262 g/mol. The minimum absolute atomic E-state index is 0.000587. The third kappa shape index (κ3) is 3.63. The molecule has 19 heavy (non-hydrogen) atoms. The predicted molar refractivity (Wildman–Crippen MR) is 77.3 cm³/mol. The highest BCUT2D eigenvalue weighted by molar-refractivity contribution is 6.20. The van der Waals surface area contributed by atoms with Crippen molar-refractivity contribution < 1.29 is 9.53 Å². The van der Waals surface area contributed by atoms with Gasteiger partial charge in [-0.1, -0.05) is 6.92 Å². The molecule has 0 bridgehead atoms. The molecule has 4 heteroatoms. The summed E-state index contributed by atoms with van der Waals surface area (Å²) in [4.78, 5) is 12.3. The molecule has 1 saturated heterocycles. The van der Waals surface area contributed by atoms with Crippen molar-refractivity contribution in [2.24, 2.45) is 17.8 Å². The van der Waals surface area contributed by atoms with Gasteiger partial charge in [-0.15, -0.1) is 11.6 Å². The van der Waals surface area contributed by atoms with Crippen LogP contribution in [0.2, 0.25) is 0 Å². The Bertz CT molecular complexity index is 315. The topological polar surface area (TPSA) is 38.3 Å². The van der Waals surface area contributed by atoms with E-state index in [0.717, 1.165) is 32.2 Å². The lowest BCUT2D eigenvalue weighted by molar-refractivity contribution is -0.127. The Hall–Kier alpha value is -0.280. The minimum Gasteiger partial charge on any atom is -0.374 e. The molecular formula is C15H26ClNO2. The third-order valence-electron chi connectivity index (χ3n) is 4.89. The first-order valence-electron chi connectivity index (χ1n) is 7.56. The number of hydrogen-bond donors (Lipinski definition) is 1. The lowest BCUT2D eigenvalue weighted by Crippen LogP contribution is -2.40. The summed E-state index contributed by atoms with van der Waals surface area (Å²) >= 11 is 6.10. The molecule has 1 amide bonds. The van der Waals surface area contributed by atoms with Crippen molar-refractivity contribution in [2.75, 3.05) is 6.54 Å². The smallest absolute Gasteiger partial charge is 0.226 e. The molecule has 4 atom stereocenters. The van der Waals surface area contributed by atoms with Gasteiger partial charge in [0.15, 0.2) is 0 Å². The van der Waals surface area contributed by atoms with Crippen LogP contribution in [0.25, 0.3) is 0 Å². The maximum atomic E-state index is 12.3. The second kappa shape index (κ2) is 6.45. The van der Waals surface area contributed by atoms with E-state index in [1.165, 1.54) is 0 Å². The molecule has 0 radical (unpaired) electrons. The lowest BCUT2D eigenvalue weighted by Gasteiger charge is -2.26.